The Labute approximate surface area is 157 Å². The molecule has 3 aromatic rings. The van der Waals surface area contributed by atoms with Gasteiger partial charge in [-0.25, -0.2) is 15.0 Å². The van der Waals surface area contributed by atoms with E-state index in [1.165, 1.54) is 11.1 Å². The van der Waals surface area contributed by atoms with Gasteiger partial charge in [0.05, 0.1) is 11.0 Å². The summed E-state index contributed by atoms with van der Waals surface area (Å²) in [6, 6.07) is 24.8. The van der Waals surface area contributed by atoms with E-state index in [2.05, 4.69) is 54.8 Å². The van der Waals surface area contributed by atoms with Crippen LogP contribution in [0.4, 0.5) is 0 Å². The van der Waals surface area contributed by atoms with Crippen molar-refractivity contribution in [3.05, 3.63) is 83.9 Å². The van der Waals surface area contributed by atoms with Crippen LogP contribution in [-0.2, 0) is 0 Å². The van der Waals surface area contributed by atoms with E-state index in [1.54, 1.807) is 0 Å². The van der Waals surface area contributed by atoms with Crippen LogP contribution in [0.3, 0.4) is 0 Å². The van der Waals surface area contributed by atoms with Gasteiger partial charge >= 0.3 is 0 Å². The maximum Gasteiger partial charge on any atom is 0.199 e. The third-order valence-electron chi connectivity index (χ3n) is 4.76. The number of hydrogen-bond donors (Lipinski definition) is 0. The number of aryl methyl sites for hydroxylation is 2. The van der Waals surface area contributed by atoms with Crippen LogP contribution in [0.1, 0.15) is 11.1 Å². The second-order valence-electron chi connectivity index (χ2n) is 6.84. The highest BCUT2D eigenvalue weighted by Gasteiger charge is 2.21. The fourth-order valence-electron chi connectivity index (χ4n) is 3.36. The van der Waals surface area contributed by atoms with Crippen molar-refractivity contribution < 1.29 is 0 Å². The largest absolute Gasteiger partial charge is 0.290 e. The van der Waals surface area contributed by atoms with Gasteiger partial charge in [-0.2, -0.15) is 0 Å². The Balaban J connectivity index is 1.86. The molecule has 0 bridgehead atoms. The minimum atomic E-state index is 0.658. The van der Waals surface area contributed by atoms with Crippen LogP contribution in [0.5, 0.6) is 0 Å². The van der Waals surface area contributed by atoms with Crippen LogP contribution >= 0.6 is 0 Å². The predicted octanol–water partition coefficient (Wildman–Crippen LogP) is 5.20. The Kier molecular flexibility index (Phi) is 3.50. The number of imidazole rings is 1. The number of hydrogen-bond acceptors (Lipinski definition) is 3. The van der Waals surface area contributed by atoms with Crippen molar-refractivity contribution in [2.45, 2.75) is 13.8 Å². The SMILES string of the molecule is Cc1ccc(-n2c3nc(-c4ccccc4)nc-3nc3ccc(C)cc32)cc1. The zero-order valence-corrected chi connectivity index (χ0v) is 15.2. The summed E-state index contributed by atoms with van der Waals surface area (Å²) in [5, 5.41) is 0. The van der Waals surface area contributed by atoms with Gasteiger partial charge < -0.3 is 0 Å². The summed E-state index contributed by atoms with van der Waals surface area (Å²) >= 11 is 0. The lowest BCUT2D eigenvalue weighted by Crippen LogP contribution is -2.05. The summed E-state index contributed by atoms with van der Waals surface area (Å²) in [5.74, 6) is 2.13. The van der Waals surface area contributed by atoms with Gasteiger partial charge in [0, 0.05) is 11.3 Å². The molecule has 5 rings (SSSR count). The maximum atomic E-state index is 4.85. The summed E-state index contributed by atoms with van der Waals surface area (Å²) in [6.45, 7) is 4.18. The van der Waals surface area contributed by atoms with Crippen molar-refractivity contribution in [3.63, 3.8) is 0 Å². The lowest BCUT2D eigenvalue weighted by atomic mass is 10.1. The van der Waals surface area contributed by atoms with E-state index in [9.17, 15) is 0 Å². The van der Waals surface area contributed by atoms with Gasteiger partial charge in [-0.15, -0.1) is 0 Å². The number of benzene rings is 3. The first kappa shape index (κ1) is 15.7. The molecular formula is C23H18N4. The molecule has 0 fully saturated rings. The molecule has 0 saturated heterocycles. The maximum absolute atomic E-state index is 4.85. The van der Waals surface area contributed by atoms with Crippen molar-refractivity contribution in [2.24, 2.45) is 0 Å². The van der Waals surface area contributed by atoms with Gasteiger partial charge in [-0.1, -0.05) is 54.1 Å². The van der Waals surface area contributed by atoms with E-state index in [0.29, 0.717) is 11.6 Å². The van der Waals surface area contributed by atoms with Crippen LogP contribution in [0.2, 0.25) is 0 Å². The number of aromatic nitrogens is 4. The Morgan fingerprint density at radius 1 is 0.667 bits per heavy atom. The monoisotopic (exact) mass is 350 g/mol. The number of rotatable bonds is 2. The molecule has 4 nitrogen and oxygen atoms in total. The second kappa shape index (κ2) is 6.02. The Morgan fingerprint density at radius 3 is 2.19 bits per heavy atom. The second-order valence-corrected chi connectivity index (χ2v) is 6.84. The van der Waals surface area contributed by atoms with Crippen molar-refractivity contribution in [2.75, 3.05) is 0 Å². The lowest BCUT2D eigenvalue weighted by molar-refractivity contribution is 1.04. The van der Waals surface area contributed by atoms with Gasteiger partial charge in [0.2, 0.25) is 0 Å². The molecule has 130 valence electrons. The summed E-state index contributed by atoms with van der Waals surface area (Å²) < 4.78 is 2.16. The minimum absolute atomic E-state index is 0.658. The molecule has 4 heteroatoms. The standard InChI is InChI=1S/C23H18N4/c1-15-8-11-18(12-9-15)27-20-14-16(2)10-13-19(20)24-22-23(27)26-21(25-22)17-6-4-3-5-7-17/h3-14H,1-2H3. The summed E-state index contributed by atoms with van der Waals surface area (Å²) in [5.41, 5.74) is 6.41. The van der Waals surface area contributed by atoms with E-state index in [0.717, 1.165) is 28.1 Å². The molecule has 2 heterocycles. The molecule has 0 amide bonds. The molecule has 0 aromatic heterocycles. The van der Waals surface area contributed by atoms with Crippen LogP contribution in [0.25, 0.3) is 39.8 Å². The predicted molar refractivity (Wildman–Crippen MR) is 108 cm³/mol. The Bertz CT molecular complexity index is 1220. The third kappa shape index (κ3) is 2.66. The number of nitrogens with zero attached hydrogens (tertiary/aromatic N) is 4. The first-order valence-electron chi connectivity index (χ1n) is 8.98. The van der Waals surface area contributed by atoms with Crippen molar-refractivity contribution in [1.29, 1.82) is 0 Å². The van der Waals surface area contributed by atoms with Crippen molar-refractivity contribution in [3.8, 4) is 28.7 Å². The molecule has 27 heavy (non-hydrogen) atoms. The van der Waals surface area contributed by atoms with Crippen LogP contribution < -0.4 is 0 Å². The first-order chi connectivity index (χ1) is 13.2. The molecule has 0 saturated carbocycles. The average Bonchev–Trinajstić information content (AvgIpc) is 3.11. The molecule has 0 aliphatic carbocycles. The van der Waals surface area contributed by atoms with Crippen molar-refractivity contribution in [1.82, 2.24) is 19.5 Å². The zero-order valence-electron chi connectivity index (χ0n) is 15.2. The third-order valence-corrected chi connectivity index (χ3v) is 4.76. The minimum Gasteiger partial charge on any atom is -0.290 e. The molecule has 0 unspecified atom stereocenters. The van der Waals surface area contributed by atoms with Gasteiger partial charge in [-0.05, 0) is 43.7 Å². The van der Waals surface area contributed by atoms with E-state index >= 15 is 0 Å². The van der Waals surface area contributed by atoms with E-state index in [1.807, 2.05) is 36.4 Å². The molecule has 0 radical (unpaired) electrons. The Morgan fingerprint density at radius 2 is 1.41 bits per heavy atom. The molecule has 0 spiro atoms. The topological polar surface area (TPSA) is 43.6 Å². The Hall–Kier alpha value is -3.53. The quantitative estimate of drug-likeness (QED) is 0.439. The summed E-state index contributed by atoms with van der Waals surface area (Å²) in [4.78, 5) is 14.3. The molecule has 2 aliphatic heterocycles. The van der Waals surface area contributed by atoms with Crippen LogP contribution in [-0.4, -0.2) is 19.5 Å². The van der Waals surface area contributed by atoms with Gasteiger partial charge in [-0.3, -0.25) is 4.57 Å². The van der Waals surface area contributed by atoms with Crippen molar-refractivity contribution >= 4 is 11.0 Å². The van der Waals surface area contributed by atoms with E-state index in [4.69, 9.17) is 15.0 Å². The van der Waals surface area contributed by atoms with Gasteiger partial charge in [0.15, 0.2) is 17.5 Å². The molecule has 3 aromatic carbocycles. The van der Waals surface area contributed by atoms with Gasteiger partial charge in [0.25, 0.3) is 0 Å². The highest BCUT2D eigenvalue weighted by atomic mass is 15.2. The highest BCUT2D eigenvalue weighted by molar-refractivity contribution is 5.82. The summed E-state index contributed by atoms with van der Waals surface area (Å²) in [6.07, 6.45) is 0. The lowest BCUT2D eigenvalue weighted by Gasteiger charge is -2.15. The summed E-state index contributed by atoms with van der Waals surface area (Å²) in [7, 11) is 0. The fourth-order valence-corrected chi connectivity index (χ4v) is 3.36. The molecule has 2 aliphatic rings. The zero-order chi connectivity index (χ0) is 18.4. The normalized spacial score (nSPS) is 11.3. The molecular weight excluding hydrogens is 332 g/mol. The average molecular weight is 350 g/mol. The molecule has 0 N–H and O–H groups in total. The van der Waals surface area contributed by atoms with E-state index in [-0.39, 0.29) is 0 Å². The smallest absolute Gasteiger partial charge is 0.199 e. The van der Waals surface area contributed by atoms with Crippen LogP contribution in [0.15, 0.2) is 72.8 Å². The van der Waals surface area contributed by atoms with Crippen LogP contribution in [0, 0.1) is 13.8 Å². The fraction of sp³-hybridized carbons (Fsp3) is 0.0870. The highest BCUT2D eigenvalue weighted by Crippen LogP contribution is 2.30. The van der Waals surface area contributed by atoms with E-state index < -0.39 is 0 Å². The van der Waals surface area contributed by atoms with Gasteiger partial charge in [0.1, 0.15) is 0 Å². The number of fused-ring (bicyclic) bond motifs is 2. The first-order valence-corrected chi connectivity index (χ1v) is 8.98. The molecule has 0 atom stereocenters.